The quantitative estimate of drug-likeness (QED) is 0.548. The molecule has 0 aliphatic carbocycles. The Kier molecular flexibility index (Phi) is 7.30. The van der Waals surface area contributed by atoms with Gasteiger partial charge >= 0.3 is 0 Å². The van der Waals surface area contributed by atoms with Crippen molar-refractivity contribution in [1.29, 1.82) is 0 Å². The number of nitrogens with zero attached hydrogens (tertiary/aromatic N) is 2. The molecule has 8 nitrogen and oxygen atoms in total. The summed E-state index contributed by atoms with van der Waals surface area (Å²) in [6, 6.07) is 1.28. The van der Waals surface area contributed by atoms with E-state index in [1.165, 1.54) is 12.3 Å². The van der Waals surface area contributed by atoms with E-state index in [4.69, 9.17) is 15.2 Å². The first-order valence-corrected chi connectivity index (χ1v) is 6.33. The van der Waals surface area contributed by atoms with Gasteiger partial charge in [0.1, 0.15) is 18.9 Å². The number of carbonyl (C=O) groups excluding carboxylic acids is 1. The van der Waals surface area contributed by atoms with Gasteiger partial charge in [-0.05, 0) is 6.42 Å². The van der Waals surface area contributed by atoms with Gasteiger partial charge in [-0.15, -0.1) is 0 Å². The summed E-state index contributed by atoms with van der Waals surface area (Å²) in [5, 5.41) is 6.54. The summed E-state index contributed by atoms with van der Waals surface area (Å²) < 4.78 is 11.1. The first kappa shape index (κ1) is 16.1. The number of hydrogen-bond acceptors (Lipinski definition) is 6. The van der Waals surface area contributed by atoms with Crippen molar-refractivity contribution in [2.24, 2.45) is 5.73 Å². The molecule has 0 unspecified atom stereocenters. The number of ether oxygens (including phenoxy) is 2. The zero-order valence-electron chi connectivity index (χ0n) is 11.5. The fourth-order valence-corrected chi connectivity index (χ4v) is 1.43. The summed E-state index contributed by atoms with van der Waals surface area (Å²) in [5.74, 6) is 0.0727. The molecule has 0 bridgehead atoms. The van der Waals surface area contributed by atoms with E-state index in [-0.39, 0.29) is 12.5 Å². The maximum atomic E-state index is 11.7. The van der Waals surface area contributed by atoms with Gasteiger partial charge in [-0.2, -0.15) is 5.10 Å². The van der Waals surface area contributed by atoms with Crippen LogP contribution in [0.2, 0.25) is 0 Å². The molecule has 20 heavy (non-hydrogen) atoms. The predicted octanol–water partition coefficient (Wildman–Crippen LogP) is -1.27. The lowest BCUT2D eigenvalue weighted by Crippen LogP contribution is -2.34. The maximum absolute atomic E-state index is 11.7. The van der Waals surface area contributed by atoms with E-state index >= 15 is 0 Å². The maximum Gasteiger partial charge on any atom is 0.270 e. The van der Waals surface area contributed by atoms with Crippen LogP contribution in [0, 0.1) is 0 Å². The largest absolute Gasteiger partial charge is 0.490 e. The first-order chi connectivity index (χ1) is 9.67. The normalized spacial score (nSPS) is 10.3. The number of aromatic nitrogens is 2. The van der Waals surface area contributed by atoms with Gasteiger partial charge in [-0.1, -0.05) is 0 Å². The molecular formula is C12H20N4O4. The third kappa shape index (κ3) is 5.81. The Bertz CT molecular complexity index is 475. The molecular weight excluding hydrogens is 264 g/mol. The third-order valence-electron chi connectivity index (χ3n) is 2.37. The SMILES string of the molecule is COCCCNC(=O)Cn1ncc(OCCN)cc1=O. The minimum Gasteiger partial charge on any atom is -0.490 e. The summed E-state index contributed by atoms with van der Waals surface area (Å²) in [4.78, 5) is 23.3. The van der Waals surface area contributed by atoms with Crippen LogP contribution in [0.3, 0.4) is 0 Å². The van der Waals surface area contributed by atoms with Gasteiger partial charge in [-0.3, -0.25) is 9.59 Å². The zero-order valence-corrected chi connectivity index (χ0v) is 11.5. The third-order valence-corrected chi connectivity index (χ3v) is 2.37. The average Bonchev–Trinajstić information content (AvgIpc) is 2.44. The van der Waals surface area contributed by atoms with Crippen molar-refractivity contribution in [2.45, 2.75) is 13.0 Å². The molecule has 0 spiro atoms. The Morgan fingerprint density at radius 1 is 1.50 bits per heavy atom. The highest BCUT2D eigenvalue weighted by Gasteiger charge is 2.06. The molecule has 1 rings (SSSR count). The Hall–Kier alpha value is -1.93. The van der Waals surface area contributed by atoms with Crippen molar-refractivity contribution in [3.63, 3.8) is 0 Å². The molecule has 3 N–H and O–H groups in total. The number of rotatable bonds is 9. The minimum absolute atomic E-state index is 0.122. The summed E-state index contributed by atoms with van der Waals surface area (Å²) in [7, 11) is 1.60. The van der Waals surface area contributed by atoms with Crippen molar-refractivity contribution < 1.29 is 14.3 Å². The van der Waals surface area contributed by atoms with Crippen LogP contribution in [-0.2, 0) is 16.1 Å². The molecule has 0 aliphatic heterocycles. The van der Waals surface area contributed by atoms with E-state index in [2.05, 4.69) is 10.4 Å². The summed E-state index contributed by atoms with van der Waals surface area (Å²) in [5.41, 5.74) is 4.89. The predicted molar refractivity (Wildman–Crippen MR) is 72.5 cm³/mol. The molecule has 0 radical (unpaired) electrons. The second-order valence-electron chi connectivity index (χ2n) is 4.02. The highest BCUT2D eigenvalue weighted by molar-refractivity contribution is 5.75. The van der Waals surface area contributed by atoms with Crippen LogP contribution >= 0.6 is 0 Å². The van der Waals surface area contributed by atoms with Crippen LogP contribution in [0.1, 0.15) is 6.42 Å². The number of nitrogens with two attached hydrogens (primary N) is 1. The molecule has 0 aliphatic rings. The Balaban J connectivity index is 2.47. The Labute approximate surface area is 116 Å². The Morgan fingerprint density at radius 2 is 2.30 bits per heavy atom. The van der Waals surface area contributed by atoms with Gasteiger partial charge in [0.15, 0.2) is 0 Å². The van der Waals surface area contributed by atoms with E-state index in [1.807, 2.05) is 0 Å². The molecule has 112 valence electrons. The van der Waals surface area contributed by atoms with Crippen molar-refractivity contribution >= 4 is 5.91 Å². The highest BCUT2D eigenvalue weighted by Crippen LogP contribution is 2.02. The highest BCUT2D eigenvalue weighted by atomic mass is 16.5. The van der Waals surface area contributed by atoms with E-state index in [0.717, 1.165) is 11.1 Å². The number of nitrogens with one attached hydrogen (secondary N) is 1. The van der Waals surface area contributed by atoms with Crippen molar-refractivity contribution in [3.8, 4) is 5.75 Å². The van der Waals surface area contributed by atoms with Crippen molar-refractivity contribution in [1.82, 2.24) is 15.1 Å². The van der Waals surface area contributed by atoms with Crippen molar-refractivity contribution in [2.75, 3.05) is 33.4 Å². The van der Waals surface area contributed by atoms with Gasteiger partial charge < -0.3 is 20.5 Å². The van der Waals surface area contributed by atoms with E-state index in [9.17, 15) is 9.59 Å². The zero-order chi connectivity index (χ0) is 14.8. The summed E-state index contributed by atoms with van der Waals surface area (Å²) in [6.07, 6.45) is 2.10. The first-order valence-electron chi connectivity index (χ1n) is 6.33. The summed E-state index contributed by atoms with van der Waals surface area (Å²) in [6.45, 7) is 1.62. The molecule has 8 heteroatoms. The van der Waals surface area contributed by atoms with Gasteiger partial charge in [-0.25, -0.2) is 4.68 Å². The van der Waals surface area contributed by atoms with Crippen LogP contribution in [0.4, 0.5) is 0 Å². The molecule has 1 heterocycles. The average molecular weight is 284 g/mol. The van der Waals surface area contributed by atoms with Crippen LogP contribution in [0.5, 0.6) is 5.75 Å². The van der Waals surface area contributed by atoms with Crippen LogP contribution in [-0.4, -0.2) is 49.1 Å². The number of carbonyl (C=O) groups is 1. The van der Waals surface area contributed by atoms with E-state index < -0.39 is 5.56 Å². The van der Waals surface area contributed by atoms with Crippen LogP contribution in [0.15, 0.2) is 17.1 Å². The summed E-state index contributed by atoms with van der Waals surface area (Å²) >= 11 is 0. The number of methoxy groups -OCH3 is 1. The lowest BCUT2D eigenvalue weighted by molar-refractivity contribution is -0.121. The Morgan fingerprint density at radius 3 is 2.95 bits per heavy atom. The molecule has 0 saturated carbocycles. The molecule has 0 fully saturated rings. The number of hydrogen-bond donors (Lipinski definition) is 2. The lowest BCUT2D eigenvalue weighted by Gasteiger charge is -2.07. The van der Waals surface area contributed by atoms with Crippen LogP contribution in [0.25, 0.3) is 0 Å². The fraction of sp³-hybridized carbons (Fsp3) is 0.583. The van der Waals surface area contributed by atoms with Gasteiger partial charge in [0.05, 0.1) is 6.20 Å². The van der Waals surface area contributed by atoms with Crippen LogP contribution < -0.4 is 21.3 Å². The van der Waals surface area contributed by atoms with E-state index in [1.54, 1.807) is 7.11 Å². The van der Waals surface area contributed by atoms with Gasteiger partial charge in [0.2, 0.25) is 5.91 Å². The second kappa shape index (κ2) is 9.05. The fourth-order valence-electron chi connectivity index (χ4n) is 1.43. The topological polar surface area (TPSA) is 108 Å². The van der Waals surface area contributed by atoms with Crippen molar-refractivity contribution in [3.05, 3.63) is 22.6 Å². The molecule has 1 aromatic heterocycles. The number of amides is 1. The molecule has 0 aromatic carbocycles. The molecule has 0 saturated heterocycles. The lowest BCUT2D eigenvalue weighted by atomic mass is 10.4. The molecule has 1 aromatic rings. The smallest absolute Gasteiger partial charge is 0.270 e. The molecule has 1 amide bonds. The monoisotopic (exact) mass is 284 g/mol. The van der Waals surface area contributed by atoms with Gasteiger partial charge in [0, 0.05) is 32.9 Å². The van der Waals surface area contributed by atoms with E-state index in [0.29, 0.717) is 32.1 Å². The second-order valence-corrected chi connectivity index (χ2v) is 4.02. The minimum atomic E-state index is -0.397. The molecule has 0 atom stereocenters. The van der Waals surface area contributed by atoms with Gasteiger partial charge in [0.25, 0.3) is 5.56 Å². The standard InChI is InChI=1S/C12H20N4O4/c1-19-5-2-4-14-11(17)9-16-12(18)7-10(8-15-16)20-6-3-13/h7-8H,2-6,9,13H2,1H3,(H,14,17).